The number of benzene rings is 2. The number of non-ortho nitro benzene ring substituents is 1. The van der Waals surface area contributed by atoms with Crippen molar-refractivity contribution in [3.8, 4) is 5.75 Å². The summed E-state index contributed by atoms with van der Waals surface area (Å²) in [5.74, 6) is 0.943. The van der Waals surface area contributed by atoms with Gasteiger partial charge in [-0.05, 0) is 86.9 Å². The fourth-order valence-corrected chi connectivity index (χ4v) is 8.65. The maximum Gasteiger partial charge on any atom is 0.270 e. The molecule has 0 saturated heterocycles. The minimum atomic E-state index is -0.335. The van der Waals surface area contributed by atoms with Gasteiger partial charge in [-0.1, -0.05) is 54.3 Å². The summed E-state index contributed by atoms with van der Waals surface area (Å²) in [6.45, 7) is 7.56. The van der Waals surface area contributed by atoms with E-state index in [0.717, 1.165) is 48.5 Å². The Morgan fingerprint density at radius 1 is 1.05 bits per heavy atom. The summed E-state index contributed by atoms with van der Waals surface area (Å²) in [5.41, 5.74) is 9.83. The Morgan fingerprint density at radius 3 is 2.52 bits per heavy atom. The lowest BCUT2D eigenvalue weighted by Gasteiger charge is -2.37. The van der Waals surface area contributed by atoms with Crippen molar-refractivity contribution in [2.45, 2.75) is 83.0 Å². The standard InChI is InChI=1S/C37H43BrN3O3/c1-6-22-40-32-17-15-28(44-5)24-30(32)37(20-8-7-9-21-37)34(40)19-13-26-11-10-25(35(26)38)12-18-33-36(2,3)29-23-27(41(42)43)14-16-31(29)39(33)4/h12-19,23-24H,6-11,20-22H2,1-5H3/q+1. The highest BCUT2D eigenvalue weighted by Gasteiger charge is 2.47. The van der Waals surface area contributed by atoms with E-state index in [2.05, 4.69) is 88.7 Å². The van der Waals surface area contributed by atoms with E-state index in [-0.39, 0.29) is 21.4 Å². The molecule has 2 aromatic rings. The molecule has 2 aliphatic heterocycles. The Bertz CT molecular complexity index is 1670. The van der Waals surface area contributed by atoms with Gasteiger partial charge in [-0.2, -0.15) is 4.58 Å². The summed E-state index contributed by atoms with van der Waals surface area (Å²) >= 11 is 3.97. The van der Waals surface area contributed by atoms with E-state index in [4.69, 9.17) is 4.74 Å². The fraction of sp³-hybridized carbons (Fsp3) is 0.432. The lowest BCUT2D eigenvalue weighted by molar-refractivity contribution is -0.402. The number of halogens is 1. The largest absolute Gasteiger partial charge is 0.497 e. The van der Waals surface area contributed by atoms with Gasteiger partial charge in [0.2, 0.25) is 5.69 Å². The third-order valence-corrected chi connectivity index (χ3v) is 11.3. The predicted octanol–water partition coefficient (Wildman–Crippen LogP) is 9.55. The van der Waals surface area contributed by atoms with Gasteiger partial charge in [0.15, 0.2) is 5.71 Å². The van der Waals surface area contributed by atoms with Crippen molar-refractivity contribution in [1.82, 2.24) is 0 Å². The second-order valence-electron chi connectivity index (χ2n) is 13.1. The fourth-order valence-electron chi connectivity index (χ4n) is 7.99. The highest BCUT2D eigenvalue weighted by atomic mass is 79.9. The molecule has 0 aromatic heterocycles. The van der Waals surface area contributed by atoms with E-state index in [1.807, 2.05) is 13.1 Å². The minimum Gasteiger partial charge on any atom is -0.497 e. The first kappa shape index (κ1) is 30.6. The molecule has 7 heteroatoms. The van der Waals surface area contributed by atoms with E-state index < -0.39 is 0 Å². The Balaban J connectivity index is 1.33. The average molecular weight is 658 g/mol. The molecule has 0 bridgehead atoms. The average Bonchev–Trinajstić information content (AvgIpc) is 3.56. The van der Waals surface area contributed by atoms with Gasteiger partial charge in [-0.3, -0.25) is 10.1 Å². The normalized spacial score (nSPS) is 22.2. The smallest absolute Gasteiger partial charge is 0.270 e. The summed E-state index contributed by atoms with van der Waals surface area (Å²) in [7, 11) is 3.81. The molecule has 1 spiro atoms. The zero-order valence-corrected chi connectivity index (χ0v) is 28.2. The van der Waals surface area contributed by atoms with Gasteiger partial charge in [0.25, 0.3) is 5.69 Å². The number of nitro groups is 1. The number of fused-ring (bicyclic) bond motifs is 3. The van der Waals surface area contributed by atoms with Crippen molar-refractivity contribution in [3.63, 3.8) is 0 Å². The Morgan fingerprint density at radius 2 is 1.82 bits per heavy atom. The molecule has 0 radical (unpaired) electrons. The number of allylic oxidation sites excluding steroid dienone is 8. The quantitative estimate of drug-likeness (QED) is 0.169. The summed E-state index contributed by atoms with van der Waals surface area (Å²) in [4.78, 5) is 13.7. The predicted molar refractivity (Wildman–Crippen MR) is 183 cm³/mol. The molecule has 0 unspecified atom stereocenters. The maximum absolute atomic E-state index is 11.4. The van der Waals surface area contributed by atoms with Crippen molar-refractivity contribution < 1.29 is 14.2 Å². The zero-order chi connectivity index (χ0) is 31.2. The highest BCUT2D eigenvalue weighted by Crippen LogP contribution is 2.56. The van der Waals surface area contributed by atoms with Crippen LogP contribution in [0.25, 0.3) is 0 Å². The van der Waals surface area contributed by atoms with Crippen molar-refractivity contribution in [2.75, 3.05) is 25.6 Å². The molecule has 4 aliphatic rings. The van der Waals surface area contributed by atoms with Crippen LogP contribution >= 0.6 is 15.9 Å². The molecule has 1 saturated carbocycles. The maximum atomic E-state index is 11.4. The van der Waals surface area contributed by atoms with Gasteiger partial charge in [0.05, 0.1) is 17.4 Å². The van der Waals surface area contributed by atoms with Gasteiger partial charge in [-0.15, -0.1) is 0 Å². The van der Waals surface area contributed by atoms with Crippen LogP contribution in [0.5, 0.6) is 5.75 Å². The van der Waals surface area contributed by atoms with E-state index in [1.165, 1.54) is 64.7 Å². The molecule has 44 heavy (non-hydrogen) atoms. The Kier molecular flexibility index (Phi) is 8.20. The minimum absolute atomic E-state index is 0.0469. The molecule has 6 nitrogen and oxygen atoms in total. The van der Waals surface area contributed by atoms with Gasteiger partial charge < -0.3 is 9.64 Å². The first-order chi connectivity index (χ1) is 21.1. The van der Waals surface area contributed by atoms with Crippen LogP contribution in [0, 0.1) is 10.1 Å². The van der Waals surface area contributed by atoms with Gasteiger partial charge in [0, 0.05) is 57.7 Å². The molecule has 230 valence electrons. The molecule has 2 aliphatic carbocycles. The van der Waals surface area contributed by atoms with E-state index in [9.17, 15) is 10.1 Å². The first-order valence-electron chi connectivity index (χ1n) is 16.0. The number of nitrogens with zero attached hydrogens (tertiary/aromatic N) is 3. The zero-order valence-electron chi connectivity index (χ0n) is 26.6. The van der Waals surface area contributed by atoms with E-state index >= 15 is 0 Å². The molecule has 0 atom stereocenters. The van der Waals surface area contributed by atoms with Crippen LogP contribution < -0.4 is 9.64 Å². The number of rotatable bonds is 7. The number of nitro benzene ring substituents is 1. The van der Waals surface area contributed by atoms with Gasteiger partial charge >= 0.3 is 0 Å². The SMILES string of the molecule is CCCN1/C(=C/C=C2\CCC(/C=C/C3=[N+](C)c4ccc([N+](=O)[O-])cc4C3(C)C)=C2Br)C2(CCCCC2)c2cc(OC)ccc21. The number of hydrogen-bond donors (Lipinski definition) is 0. The lowest BCUT2D eigenvalue weighted by Crippen LogP contribution is -2.33. The molecule has 2 aromatic carbocycles. The van der Waals surface area contributed by atoms with Gasteiger partial charge in [0.1, 0.15) is 12.8 Å². The van der Waals surface area contributed by atoms with Crippen LogP contribution in [0.15, 0.2) is 82.0 Å². The second kappa shape index (κ2) is 11.8. The van der Waals surface area contributed by atoms with Crippen LogP contribution in [0.1, 0.15) is 83.3 Å². The van der Waals surface area contributed by atoms with Crippen LogP contribution in [0.3, 0.4) is 0 Å². The number of methoxy groups -OCH3 is 1. The summed E-state index contributed by atoms with van der Waals surface area (Å²) in [5, 5.41) is 11.4. The number of ether oxygens (including phenoxy) is 1. The number of hydrogen-bond acceptors (Lipinski definition) is 4. The summed E-state index contributed by atoms with van der Waals surface area (Å²) < 4.78 is 9.02. The molecule has 0 amide bonds. The van der Waals surface area contributed by atoms with Crippen LogP contribution in [-0.4, -0.2) is 35.9 Å². The van der Waals surface area contributed by atoms with Crippen molar-refractivity contribution in [2.24, 2.45) is 0 Å². The van der Waals surface area contributed by atoms with Crippen molar-refractivity contribution >= 4 is 38.7 Å². The van der Waals surface area contributed by atoms with E-state index in [1.54, 1.807) is 19.2 Å². The lowest BCUT2D eigenvalue weighted by atomic mass is 9.68. The Labute approximate surface area is 269 Å². The summed E-state index contributed by atoms with van der Waals surface area (Å²) in [6.07, 6.45) is 18.4. The van der Waals surface area contributed by atoms with E-state index in [0.29, 0.717) is 0 Å². The van der Waals surface area contributed by atoms with Crippen LogP contribution in [0.4, 0.5) is 17.1 Å². The molecular weight excluding hydrogens is 614 g/mol. The number of anilines is 1. The molecule has 1 fully saturated rings. The molecule has 6 rings (SSSR count). The monoisotopic (exact) mass is 656 g/mol. The topological polar surface area (TPSA) is 58.6 Å². The Hall–Kier alpha value is -3.45. The van der Waals surface area contributed by atoms with Crippen molar-refractivity contribution in [3.05, 3.63) is 103 Å². The van der Waals surface area contributed by atoms with Crippen LogP contribution in [0.2, 0.25) is 0 Å². The van der Waals surface area contributed by atoms with Gasteiger partial charge in [-0.25, -0.2) is 0 Å². The molecule has 2 heterocycles. The molecular formula is C37H43BrN3O3+. The summed E-state index contributed by atoms with van der Waals surface area (Å²) in [6, 6.07) is 11.9. The third-order valence-electron chi connectivity index (χ3n) is 10.3. The second-order valence-corrected chi connectivity index (χ2v) is 13.9. The van der Waals surface area contributed by atoms with Crippen molar-refractivity contribution in [1.29, 1.82) is 0 Å². The van der Waals surface area contributed by atoms with Crippen LogP contribution in [-0.2, 0) is 10.8 Å². The third kappa shape index (κ3) is 4.97. The first-order valence-corrected chi connectivity index (χ1v) is 16.8. The highest BCUT2D eigenvalue weighted by molar-refractivity contribution is 9.12. The molecule has 0 N–H and O–H groups in total.